The smallest absolute Gasteiger partial charge is 0.0912 e. The molecule has 1 heterocycles. The topological polar surface area (TPSA) is 37.2 Å². The number of likely N-dealkylation sites (N-methyl/N-ethyl adjacent to an activating group) is 1. The summed E-state index contributed by atoms with van der Waals surface area (Å²) in [7, 11) is 1.86. The third kappa shape index (κ3) is 3.17. The van der Waals surface area contributed by atoms with E-state index >= 15 is 0 Å². The summed E-state index contributed by atoms with van der Waals surface area (Å²) >= 11 is 0. The van der Waals surface area contributed by atoms with Gasteiger partial charge in [0.2, 0.25) is 0 Å². The van der Waals surface area contributed by atoms with E-state index in [0.717, 1.165) is 11.1 Å². The number of para-hydroxylation sites is 1. The van der Waals surface area contributed by atoms with Gasteiger partial charge < -0.3 is 15.0 Å². The van der Waals surface area contributed by atoms with Gasteiger partial charge in [0.15, 0.2) is 0 Å². The number of benzene rings is 2. The molecule has 2 atom stereocenters. The van der Waals surface area contributed by atoms with E-state index in [1.807, 2.05) is 37.4 Å². The average Bonchev–Trinajstić information content (AvgIpc) is 2.93. The third-order valence-corrected chi connectivity index (χ3v) is 3.85. The fourth-order valence-corrected chi connectivity index (χ4v) is 2.89. The minimum absolute atomic E-state index is 0. The second kappa shape index (κ2) is 7.45. The molecule has 0 saturated heterocycles. The van der Waals surface area contributed by atoms with E-state index in [-0.39, 0.29) is 18.4 Å². The SMILES string of the molecule is CNC[C@H](O)[C@H](c1ccccc1)n1ccc2ccccc21.Cl. The first-order valence-corrected chi connectivity index (χ1v) is 7.24. The molecule has 0 saturated carbocycles. The van der Waals surface area contributed by atoms with Crippen molar-refractivity contribution in [2.24, 2.45) is 0 Å². The second-order valence-corrected chi connectivity index (χ2v) is 5.26. The lowest BCUT2D eigenvalue weighted by Gasteiger charge is -2.26. The normalized spacial score (nSPS) is 13.5. The summed E-state index contributed by atoms with van der Waals surface area (Å²) in [6.45, 7) is 0.548. The van der Waals surface area contributed by atoms with Crippen LogP contribution in [-0.2, 0) is 0 Å². The number of fused-ring (bicyclic) bond motifs is 1. The van der Waals surface area contributed by atoms with Crippen molar-refractivity contribution in [3.8, 4) is 0 Å². The van der Waals surface area contributed by atoms with Crippen LogP contribution in [0.25, 0.3) is 10.9 Å². The maximum absolute atomic E-state index is 10.6. The molecule has 0 spiro atoms. The van der Waals surface area contributed by atoms with Gasteiger partial charge in [-0.15, -0.1) is 12.4 Å². The lowest BCUT2D eigenvalue weighted by Crippen LogP contribution is -2.33. The van der Waals surface area contributed by atoms with Gasteiger partial charge in [-0.2, -0.15) is 0 Å². The van der Waals surface area contributed by atoms with Crippen molar-refractivity contribution in [3.05, 3.63) is 72.4 Å². The van der Waals surface area contributed by atoms with Gasteiger partial charge in [0, 0.05) is 18.3 Å². The molecule has 0 aliphatic rings. The van der Waals surface area contributed by atoms with Crippen LogP contribution in [0.3, 0.4) is 0 Å². The van der Waals surface area contributed by atoms with E-state index in [1.54, 1.807) is 0 Å². The minimum atomic E-state index is -0.492. The molecule has 3 nitrogen and oxygen atoms in total. The first-order chi connectivity index (χ1) is 10.3. The van der Waals surface area contributed by atoms with Gasteiger partial charge in [0.25, 0.3) is 0 Å². The van der Waals surface area contributed by atoms with E-state index in [2.05, 4.69) is 46.4 Å². The zero-order valence-corrected chi connectivity index (χ0v) is 13.3. The molecule has 0 aliphatic carbocycles. The second-order valence-electron chi connectivity index (χ2n) is 5.26. The highest BCUT2D eigenvalue weighted by atomic mass is 35.5. The van der Waals surface area contributed by atoms with Crippen molar-refractivity contribution < 1.29 is 5.11 Å². The van der Waals surface area contributed by atoms with Crippen LogP contribution in [-0.4, -0.2) is 29.4 Å². The van der Waals surface area contributed by atoms with E-state index < -0.39 is 6.10 Å². The van der Waals surface area contributed by atoms with Crippen LogP contribution in [0.15, 0.2) is 66.9 Å². The zero-order chi connectivity index (χ0) is 14.7. The zero-order valence-electron chi connectivity index (χ0n) is 12.5. The number of rotatable bonds is 5. The van der Waals surface area contributed by atoms with Crippen LogP contribution in [0.5, 0.6) is 0 Å². The molecule has 3 rings (SSSR count). The molecule has 116 valence electrons. The molecule has 1 aromatic heterocycles. The van der Waals surface area contributed by atoms with Crippen molar-refractivity contribution >= 4 is 23.3 Å². The molecule has 2 N–H and O–H groups in total. The summed E-state index contributed by atoms with van der Waals surface area (Å²) < 4.78 is 2.16. The van der Waals surface area contributed by atoms with Gasteiger partial charge in [-0.1, -0.05) is 48.5 Å². The van der Waals surface area contributed by atoms with Crippen molar-refractivity contribution in [1.82, 2.24) is 9.88 Å². The highest BCUT2D eigenvalue weighted by Crippen LogP contribution is 2.27. The molecule has 2 aromatic carbocycles. The fraction of sp³-hybridized carbons (Fsp3) is 0.222. The van der Waals surface area contributed by atoms with Gasteiger partial charge in [-0.05, 0) is 30.1 Å². The number of halogens is 1. The Labute approximate surface area is 137 Å². The van der Waals surface area contributed by atoms with Crippen LogP contribution in [0, 0.1) is 0 Å². The summed E-state index contributed by atoms with van der Waals surface area (Å²) in [4.78, 5) is 0. The number of nitrogens with one attached hydrogen (secondary N) is 1. The lowest BCUT2D eigenvalue weighted by atomic mass is 10.0. The average molecular weight is 317 g/mol. The van der Waals surface area contributed by atoms with E-state index in [0.29, 0.717) is 6.54 Å². The predicted molar refractivity (Wildman–Crippen MR) is 93.7 cm³/mol. The van der Waals surface area contributed by atoms with Gasteiger partial charge >= 0.3 is 0 Å². The molecule has 0 aliphatic heterocycles. The number of hydrogen-bond acceptors (Lipinski definition) is 2. The predicted octanol–water partition coefficient (Wildman–Crippen LogP) is 3.23. The molecular weight excluding hydrogens is 296 g/mol. The molecule has 4 heteroatoms. The monoisotopic (exact) mass is 316 g/mol. The number of hydrogen-bond donors (Lipinski definition) is 2. The van der Waals surface area contributed by atoms with Gasteiger partial charge in [-0.25, -0.2) is 0 Å². The standard InChI is InChI=1S/C18H20N2O.ClH/c1-19-13-17(21)18(15-8-3-2-4-9-15)20-12-11-14-7-5-6-10-16(14)20;/h2-12,17-19,21H,13H2,1H3;1H/t17-,18-;/m0./s1. The summed E-state index contributed by atoms with van der Waals surface area (Å²) in [6, 6.07) is 20.4. The summed E-state index contributed by atoms with van der Waals surface area (Å²) in [5.41, 5.74) is 2.25. The first kappa shape index (κ1) is 16.6. The first-order valence-electron chi connectivity index (χ1n) is 7.24. The molecule has 0 bridgehead atoms. The van der Waals surface area contributed by atoms with Crippen LogP contribution in [0.1, 0.15) is 11.6 Å². The van der Waals surface area contributed by atoms with Crippen molar-refractivity contribution in [3.63, 3.8) is 0 Å². The van der Waals surface area contributed by atoms with Gasteiger partial charge in [0.05, 0.1) is 12.1 Å². The summed E-state index contributed by atoms with van der Waals surface area (Å²) in [5, 5.41) is 14.9. The Balaban J connectivity index is 0.00000176. The Bertz CT molecular complexity index is 711. The maximum atomic E-state index is 10.6. The number of nitrogens with zero attached hydrogens (tertiary/aromatic N) is 1. The summed E-state index contributed by atoms with van der Waals surface area (Å²) in [6.07, 6.45) is 1.56. The number of aliphatic hydroxyl groups is 1. The number of aromatic nitrogens is 1. The molecule has 0 fully saturated rings. The molecule has 0 unspecified atom stereocenters. The largest absolute Gasteiger partial charge is 0.389 e. The van der Waals surface area contributed by atoms with E-state index in [4.69, 9.17) is 0 Å². The van der Waals surface area contributed by atoms with Crippen LogP contribution >= 0.6 is 12.4 Å². The van der Waals surface area contributed by atoms with Crippen LogP contribution in [0.2, 0.25) is 0 Å². The maximum Gasteiger partial charge on any atom is 0.0912 e. The Kier molecular flexibility index (Phi) is 5.61. The van der Waals surface area contributed by atoms with Crippen molar-refractivity contribution in [2.75, 3.05) is 13.6 Å². The molecule has 22 heavy (non-hydrogen) atoms. The lowest BCUT2D eigenvalue weighted by molar-refractivity contribution is 0.132. The quantitative estimate of drug-likeness (QED) is 0.758. The Morgan fingerprint density at radius 3 is 2.41 bits per heavy atom. The molecular formula is C18H21ClN2O. The molecule has 0 radical (unpaired) electrons. The Hall–Kier alpha value is -1.81. The molecule has 3 aromatic rings. The fourth-order valence-electron chi connectivity index (χ4n) is 2.89. The highest BCUT2D eigenvalue weighted by molar-refractivity contribution is 5.85. The van der Waals surface area contributed by atoms with Crippen molar-refractivity contribution in [2.45, 2.75) is 12.1 Å². The third-order valence-electron chi connectivity index (χ3n) is 3.85. The number of aliphatic hydroxyl groups excluding tert-OH is 1. The Morgan fingerprint density at radius 2 is 1.68 bits per heavy atom. The van der Waals surface area contributed by atoms with E-state index in [9.17, 15) is 5.11 Å². The van der Waals surface area contributed by atoms with E-state index in [1.165, 1.54) is 5.39 Å². The van der Waals surface area contributed by atoms with Crippen LogP contribution in [0.4, 0.5) is 0 Å². The van der Waals surface area contributed by atoms with Crippen LogP contribution < -0.4 is 5.32 Å². The van der Waals surface area contributed by atoms with Crippen molar-refractivity contribution in [1.29, 1.82) is 0 Å². The van der Waals surface area contributed by atoms with Gasteiger partial charge in [0.1, 0.15) is 0 Å². The van der Waals surface area contributed by atoms with Gasteiger partial charge in [-0.3, -0.25) is 0 Å². The summed E-state index contributed by atoms with van der Waals surface area (Å²) in [5.74, 6) is 0. The molecule has 0 amide bonds. The Morgan fingerprint density at radius 1 is 1.00 bits per heavy atom. The highest BCUT2D eigenvalue weighted by Gasteiger charge is 2.23. The minimum Gasteiger partial charge on any atom is -0.389 e.